The Hall–Kier alpha value is -0.914. The molecule has 0 heterocycles. The zero-order valence-corrected chi connectivity index (χ0v) is 11.0. The summed E-state index contributed by atoms with van der Waals surface area (Å²) in [6, 6.07) is 19.4. The second-order valence-electron chi connectivity index (χ2n) is 3.60. The van der Waals surface area contributed by atoms with Gasteiger partial charge in [0.15, 0.2) is 0 Å². The molecule has 2 rings (SSSR count). The maximum atomic E-state index is 6.14. The van der Waals surface area contributed by atoms with Gasteiger partial charge in [-0.05, 0) is 11.1 Å². The van der Waals surface area contributed by atoms with Crippen molar-refractivity contribution in [3.8, 4) is 0 Å². The fourth-order valence-corrected chi connectivity index (χ4v) is 1.59. The molecule has 0 aliphatic carbocycles. The summed E-state index contributed by atoms with van der Waals surface area (Å²) in [7, 11) is 0. The summed E-state index contributed by atoms with van der Waals surface area (Å²) in [6.45, 7) is 0. The smallest absolute Gasteiger partial charge is 1.00 e. The van der Waals surface area contributed by atoms with Crippen molar-refractivity contribution in [2.45, 2.75) is 5.66 Å². The molecule has 0 saturated carbocycles. The Morgan fingerprint density at radius 2 is 1.00 bits per heavy atom. The molecule has 2 aromatic rings. The molecule has 0 bridgehead atoms. The van der Waals surface area contributed by atoms with Gasteiger partial charge in [0.25, 0.3) is 0 Å². The van der Waals surface area contributed by atoms with Gasteiger partial charge in [-0.1, -0.05) is 60.7 Å². The van der Waals surface area contributed by atoms with Gasteiger partial charge < -0.3 is 19.8 Å². The normalized spacial score (nSPS) is 10.0. The average Bonchev–Trinajstić information content (AvgIpc) is 2.31. The number of hydrogen-bond donors (Lipinski definition) is 2. The fourth-order valence-electron chi connectivity index (χ4n) is 1.59. The van der Waals surface area contributed by atoms with Crippen molar-refractivity contribution in [1.29, 1.82) is 0 Å². The number of hydrogen-bond acceptors (Lipinski definition) is 2. The van der Waals surface area contributed by atoms with E-state index in [0.29, 0.717) is 0 Å². The molecule has 0 atom stereocenters. The second kappa shape index (κ2) is 6.73. The van der Waals surface area contributed by atoms with Crippen LogP contribution in [0.2, 0.25) is 0 Å². The molecular formula is C13H18MgN2O. The van der Waals surface area contributed by atoms with Crippen molar-refractivity contribution in [3.63, 3.8) is 0 Å². The van der Waals surface area contributed by atoms with Crippen molar-refractivity contribution in [1.82, 2.24) is 0 Å². The molecule has 0 saturated heterocycles. The van der Waals surface area contributed by atoms with Crippen LogP contribution in [0, 0.1) is 0 Å². The van der Waals surface area contributed by atoms with E-state index >= 15 is 0 Å². The molecule has 3 nitrogen and oxygen atoms in total. The third-order valence-corrected chi connectivity index (χ3v) is 2.50. The Labute approximate surface area is 120 Å². The Morgan fingerprint density at radius 1 is 0.706 bits per heavy atom. The fraction of sp³-hybridized carbons (Fsp3) is 0.0769. The van der Waals surface area contributed by atoms with E-state index < -0.39 is 5.66 Å². The van der Waals surface area contributed by atoms with Crippen molar-refractivity contribution < 1.29 is 8.33 Å². The van der Waals surface area contributed by atoms with Crippen LogP contribution in [0.15, 0.2) is 60.7 Å². The number of rotatable bonds is 2. The molecule has 4 heteroatoms. The van der Waals surface area contributed by atoms with E-state index in [9.17, 15) is 0 Å². The Morgan fingerprint density at radius 3 is 1.29 bits per heavy atom. The molecule has 0 spiro atoms. The first-order valence-electron chi connectivity index (χ1n) is 4.90. The first-order chi connectivity index (χ1) is 7.21. The number of nitrogens with two attached hydrogens (primary N) is 2. The third kappa shape index (κ3) is 3.52. The maximum absolute atomic E-state index is 6.14. The van der Waals surface area contributed by atoms with E-state index in [1.165, 1.54) is 0 Å². The summed E-state index contributed by atoms with van der Waals surface area (Å²) in [5, 5.41) is 0. The topological polar surface area (TPSA) is 83.5 Å². The van der Waals surface area contributed by atoms with E-state index in [4.69, 9.17) is 11.5 Å². The molecule has 0 aromatic heterocycles. The molecule has 0 amide bonds. The van der Waals surface area contributed by atoms with Crippen molar-refractivity contribution >= 4 is 23.1 Å². The zero-order valence-electron chi connectivity index (χ0n) is 11.6. The van der Waals surface area contributed by atoms with Gasteiger partial charge in [0.2, 0.25) is 0 Å². The summed E-state index contributed by atoms with van der Waals surface area (Å²) in [5.41, 5.74) is 13.2. The minimum absolute atomic E-state index is 0. The average molecular weight is 243 g/mol. The predicted molar refractivity (Wildman–Crippen MR) is 73.6 cm³/mol. The van der Waals surface area contributed by atoms with Crippen LogP contribution in [-0.2, 0) is 5.66 Å². The molecule has 0 aliphatic heterocycles. The van der Waals surface area contributed by atoms with E-state index in [1.807, 2.05) is 60.7 Å². The minimum Gasteiger partial charge on any atom is -1.00 e. The molecule has 2 aromatic carbocycles. The first kappa shape index (κ1) is 16.1. The summed E-state index contributed by atoms with van der Waals surface area (Å²) < 4.78 is 0. The molecule has 0 aliphatic rings. The van der Waals surface area contributed by atoms with E-state index in [1.54, 1.807) is 0 Å². The Balaban J connectivity index is -0.000000640. The van der Waals surface area contributed by atoms with Gasteiger partial charge in [0.05, 0.1) is 0 Å². The van der Waals surface area contributed by atoms with Crippen molar-refractivity contribution in [2.24, 2.45) is 11.5 Å². The van der Waals surface area contributed by atoms with Crippen LogP contribution < -0.4 is 11.5 Å². The van der Waals surface area contributed by atoms with E-state index in [0.717, 1.165) is 11.1 Å². The maximum Gasteiger partial charge on any atom is 2.00 e. The van der Waals surface area contributed by atoms with Crippen LogP contribution in [-0.4, -0.2) is 28.5 Å². The van der Waals surface area contributed by atoms with Crippen molar-refractivity contribution in [3.05, 3.63) is 71.8 Å². The van der Waals surface area contributed by atoms with Gasteiger partial charge in [-0.25, -0.2) is 0 Å². The molecule has 0 unspecified atom stereocenters. The standard InChI is InChI=1S/C13H14N2.Mg.H2O.2H/c14-13(15,11-7-3-1-4-8-11)12-9-5-2-6-10-12;;;;/h1-10H,14-15H2;;1H2;;/q;+2;;2*-1. The van der Waals surface area contributed by atoms with Crippen LogP contribution in [0.25, 0.3) is 0 Å². The van der Waals surface area contributed by atoms with Crippen LogP contribution in [0.4, 0.5) is 0 Å². The van der Waals surface area contributed by atoms with E-state index in [2.05, 4.69) is 0 Å². The summed E-state index contributed by atoms with van der Waals surface area (Å²) in [5.74, 6) is 0. The summed E-state index contributed by atoms with van der Waals surface area (Å²) in [6.07, 6.45) is 0. The van der Waals surface area contributed by atoms with Crippen LogP contribution in [0.5, 0.6) is 0 Å². The predicted octanol–water partition coefficient (Wildman–Crippen LogP) is 0.825. The third-order valence-electron chi connectivity index (χ3n) is 2.50. The summed E-state index contributed by atoms with van der Waals surface area (Å²) in [4.78, 5) is 0. The molecule has 0 fully saturated rings. The van der Waals surface area contributed by atoms with Gasteiger partial charge in [-0.15, -0.1) is 0 Å². The summed E-state index contributed by atoms with van der Waals surface area (Å²) >= 11 is 0. The van der Waals surface area contributed by atoms with Crippen LogP contribution in [0.1, 0.15) is 14.0 Å². The minimum atomic E-state index is -0.914. The molecule has 6 N–H and O–H groups in total. The SMILES string of the molecule is NC(N)(c1ccccc1)c1ccccc1.O.[H-].[H-].[Mg+2]. The van der Waals surface area contributed by atoms with Gasteiger partial charge in [-0.2, -0.15) is 0 Å². The quantitative estimate of drug-likeness (QED) is 0.604. The molecule has 0 radical (unpaired) electrons. The van der Waals surface area contributed by atoms with Crippen LogP contribution >= 0.6 is 0 Å². The van der Waals surface area contributed by atoms with Gasteiger partial charge in [0, 0.05) is 0 Å². The van der Waals surface area contributed by atoms with E-state index in [-0.39, 0.29) is 31.4 Å². The van der Waals surface area contributed by atoms with Crippen molar-refractivity contribution in [2.75, 3.05) is 0 Å². The largest absolute Gasteiger partial charge is 2.00 e. The zero-order chi connectivity index (χ0) is 10.7. The molecular weight excluding hydrogens is 224 g/mol. The van der Waals surface area contributed by atoms with Gasteiger partial charge in [0.1, 0.15) is 5.66 Å². The number of benzene rings is 2. The second-order valence-corrected chi connectivity index (χ2v) is 3.60. The first-order valence-corrected chi connectivity index (χ1v) is 4.90. The van der Waals surface area contributed by atoms with Gasteiger partial charge in [-0.3, -0.25) is 0 Å². The monoisotopic (exact) mass is 242 g/mol. The van der Waals surface area contributed by atoms with Gasteiger partial charge >= 0.3 is 23.1 Å². The molecule has 17 heavy (non-hydrogen) atoms. The van der Waals surface area contributed by atoms with Crippen LogP contribution in [0.3, 0.4) is 0 Å². The Kier molecular flexibility index (Phi) is 6.37. The Bertz CT molecular complexity index is 399. The molecule has 88 valence electrons.